The van der Waals surface area contributed by atoms with Crippen LogP contribution in [0.1, 0.15) is 25.7 Å². The SMILES string of the molecule is O=[N+]([O-])c1ccn(CCC2CCCCN2)n1. The summed E-state index contributed by atoms with van der Waals surface area (Å²) in [6.07, 6.45) is 6.38. The molecule has 1 aliphatic rings. The lowest BCUT2D eigenvalue weighted by molar-refractivity contribution is -0.389. The van der Waals surface area contributed by atoms with Crippen LogP contribution in [0.4, 0.5) is 5.82 Å². The van der Waals surface area contributed by atoms with Crippen molar-refractivity contribution >= 4 is 5.82 Å². The summed E-state index contributed by atoms with van der Waals surface area (Å²) in [5, 5.41) is 17.8. The van der Waals surface area contributed by atoms with Crippen LogP contribution < -0.4 is 5.32 Å². The zero-order valence-corrected chi connectivity index (χ0v) is 9.13. The molecule has 88 valence electrons. The number of hydrogen-bond donors (Lipinski definition) is 1. The molecule has 1 aromatic rings. The van der Waals surface area contributed by atoms with Crippen molar-refractivity contribution in [1.29, 1.82) is 0 Å². The van der Waals surface area contributed by atoms with Crippen LogP contribution in [0.2, 0.25) is 0 Å². The van der Waals surface area contributed by atoms with Crippen LogP contribution in [0, 0.1) is 10.1 Å². The fourth-order valence-corrected chi connectivity index (χ4v) is 2.03. The van der Waals surface area contributed by atoms with Gasteiger partial charge in [-0.15, -0.1) is 0 Å². The molecule has 0 aromatic carbocycles. The van der Waals surface area contributed by atoms with Crippen molar-refractivity contribution in [2.24, 2.45) is 0 Å². The number of piperidine rings is 1. The maximum Gasteiger partial charge on any atom is 0.389 e. The van der Waals surface area contributed by atoms with Gasteiger partial charge in [-0.25, -0.2) is 0 Å². The van der Waals surface area contributed by atoms with Crippen molar-refractivity contribution in [3.63, 3.8) is 0 Å². The van der Waals surface area contributed by atoms with E-state index < -0.39 is 4.92 Å². The summed E-state index contributed by atoms with van der Waals surface area (Å²) in [5.74, 6) is -0.0726. The van der Waals surface area contributed by atoms with Crippen LogP contribution >= 0.6 is 0 Å². The molecule has 2 heterocycles. The number of aromatic nitrogens is 2. The predicted molar refractivity (Wildman–Crippen MR) is 59.1 cm³/mol. The van der Waals surface area contributed by atoms with Crippen molar-refractivity contribution in [1.82, 2.24) is 15.1 Å². The first kappa shape index (κ1) is 11.1. The Hall–Kier alpha value is -1.43. The second-order valence-corrected chi connectivity index (χ2v) is 4.13. The largest absolute Gasteiger partial charge is 0.389 e. The highest BCUT2D eigenvalue weighted by atomic mass is 16.6. The van der Waals surface area contributed by atoms with Crippen LogP contribution in [0.3, 0.4) is 0 Å². The Bertz CT molecular complexity index is 357. The topological polar surface area (TPSA) is 73.0 Å². The van der Waals surface area contributed by atoms with Crippen molar-refractivity contribution in [3.05, 3.63) is 22.4 Å². The maximum atomic E-state index is 10.4. The molecule has 0 amide bonds. The van der Waals surface area contributed by atoms with Gasteiger partial charge in [0.05, 0.1) is 23.9 Å². The van der Waals surface area contributed by atoms with Crippen LogP contribution in [0.25, 0.3) is 0 Å². The minimum atomic E-state index is -0.463. The number of nitro groups is 1. The fraction of sp³-hybridized carbons (Fsp3) is 0.700. The number of rotatable bonds is 4. The monoisotopic (exact) mass is 224 g/mol. The Kier molecular flexibility index (Phi) is 3.51. The highest BCUT2D eigenvalue weighted by Gasteiger charge is 2.15. The lowest BCUT2D eigenvalue weighted by Crippen LogP contribution is -2.34. The van der Waals surface area contributed by atoms with Gasteiger partial charge in [-0.1, -0.05) is 6.42 Å². The number of nitrogens with one attached hydrogen (secondary N) is 1. The average Bonchev–Trinajstić information content (AvgIpc) is 2.76. The number of nitrogens with zero attached hydrogens (tertiary/aromatic N) is 3. The second-order valence-electron chi connectivity index (χ2n) is 4.13. The molecule has 1 saturated heterocycles. The first-order chi connectivity index (χ1) is 7.75. The molecule has 2 rings (SSSR count). The summed E-state index contributed by atoms with van der Waals surface area (Å²) in [6.45, 7) is 1.83. The molecule has 0 aliphatic carbocycles. The minimum absolute atomic E-state index is 0.0726. The number of aryl methyl sites for hydroxylation is 1. The summed E-state index contributed by atoms with van der Waals surface area (Å²) < 4.78 is 1.65. The summed E-state index contributed by atoms with van der Waals surface area (Å²) in [6, 6.07) is 1.98. The van der Waals surface area contributed by atoms with Crippen LogP contribution in [0.15, 0.2) is 12.3 Å². The third-order valence-electron chi connectivity index (χ3n) is 2.93. The van der Waals surface area contributed by atoms with E-state index in [0.717, 1.165) is 19.5 Å². The quantitative estimate of drug-likeness (QED) is 0.618. The molecular weight excluding hydrogens is 208 g/mol. The van der Waals surface area contributed by atoms with E-state index in [1.807, 2.05) is 0 Å². The first-order valence-electron chi connectivity index (χ1n) is 5.67. The Morgan fingerprint density at radius 2 is 2.50 bits per heavy atom. The van der Waals surface area contributed by atoms with Gasteiger partial charge in [-0.05, 0) is 30.7 Å². The maximum absolute atomic E-state index is 10.4. The summed E-state index contributed by atoms with van der Waals surface area (Å²) >= 11 is 0. The molecule has 6 nitrogen and oxygen atoms in total. The molecule has 6 heteroatoms. The van der Waals surface area contributed by atoms with E-state index in [2.05, 4.69) is 10.4 Å². The Labute approximate surface area is 93.8 Å². The van der Waals surface area contributed by atoms with Crippen LogP contribution in [-0.4, -0.2) is 27.3 Å². The van der Waals surface area contributed by atoms with Crippen molar-refractivity contribution in [2.45, 2.75) is 38.3 Å². The van der Waals surface area contributed by atoms with Gasteiger partial charge in [0.2, 0.25) is 0 Å². The minimum Gasteiger partial charge on any atom is -0.358 e. The standard InChI is InChI=1S/C10H16N4O2/c15-14(16)10-5-8-13(12-10)7-4-9-3-1-2-6-11-9/h5,8-9,11H,1-4,6-7H2. The van der Waals surface area contributed by atoms with Crippen molar-refractivity contribution in [2.75, 3.05) is 6.54 Å². The van der Waals surface area contributed by atoms with E-state index >= 15 is 0 Å². The molecule has 1 aromatic heterocycles. The van der Waals surface area contributed by atoms with Crippen molar-refractivity contribution in [3.8, 4) is 0 Å². The van der Waals surface area contributed by atoms with E-state index in [-0.39, 0.29) is 5.82 Å². The molecule has 0 saturated carbocycles. The Balaban J connectivity index is 1.81. The summed E-state index contributed by atoms with van der Waals surface area (Å²) in [7, 11) is 0. The van der Waals surface area contributed by atoms with Gasteiger partial charge in [-0.3, -0.25) is 0 Å². The third kappa shape index (κ3) is 2.79. The van der Waals surface area contributed by atoms with Crippen LogP contribution in [-0.2, 0) is 6.54 Å². The third-order valence-corrected chi connectivity index (χ3v) is 2.93. The van der Waals surface area contributed by atoms with Crippen LogP contribution in [0.5, 0.6) is 0 Å². The second kappa shape index (κ2) is 5.07. The van der Waals surface area contributed by atoms with E-state index in [1.54, 1.807) is 10.9 Å². The molecule has 1 atom stereocenters. The summed E-state index contributed by atoms with van der Waals surface area (Å²) in [5.41, 5.74) is 0. The zero-order valence-electron chi connectivity index (χ0n) is 9.13. The molecule has 1 fully saturated rings. The molecule has 0 radical (unpaired) electrons. The van der Waals surface area contributed by atoms with E-state index in [1.165, 1.54) is 25.3 Å². The Morgan fingerprint density at radius 1 is 1.62 bits per heavy atom. The average molecular weight is 224 g/mol. The smallest absolute Gasteiger partial charge is 0.358 e. The lowest BCUT2D eigenvalue weighted by Gasteiger charge is -2.22. The molecule has 0 bridgehead atoms. The van der Waals surface area contributed by atoms with Gasteiger partial charge in [0.1, 0.15) is 0 Å². The molecule has 1 aliphatic heterocycles. The van der Waals surface area contributed by atoms with Gasteiger partial charge in [0.15, 0.2) is 0 Å². The lowest BCUT2D eigenvalue weighted by atomic mass is 10.0. The van der Waals surface area contributed by atoms with Gasteiger partial charge in [0.25, 0.3) is 0 Å². The van der Waals surface area contributed by atoms with Gasteiger partial charge in [-0.2, -0.15) is 4.68 Å². The first-order valence-corrected chi connectivity index (χ1v) is 5.67. The fourth-order valence-electron chi connectivity index (χ4n) is 2.03. The van der Waals surface area contributed by atoms with E-state index in [4.69, 9.17) is 0 Å². The van der Waals surface area contributed by atoms with E-state index in [0.29, 0.717) is 6.04 Å². The molecule has 1 N–H and O–H groups in total. The van der Waals surface area contributed by atoms with Gasteiger partial charge < -0.3 is 15.4 Å². The molecular formula is C10H16N4O2. The summed E-state index contributed by atoms with van der Waals surface area (Å²) in [4.78, 5) is 9.97. The van der Waals surface area contributed by atoms with Crippen molar-refractivity contribution < 1.29 is 4.92 Å². The normalized spacial score (nSPS) is 20.9. The molecule has 0 spiro atoms. The number of hydrogen-bond acceptors (Lipinski definition) is 4. The van der Waals surface area contributed by atoms with E-state index in [9.17, 15) is 10.1 Å². The molecule has 1 unspecified atom stereocenters. The zero-order chi connectivity index (χ0) is 11.4. The predicted octanol–water partition coefficient (Wildman–Crippen LogP) is 1.32. The Morgan fingerprint density at radius 3 is 3.12 bits per heavy atom. The molecule has 16 heavy (non-hydrogen) atoms. The highest BCUT2D eigenvalue weighted by Crippen LogP contribution is 2.12. The highest BCUT2D eigenvalue weighted by molar-refractivity contribution is 5.13. The van der Waals surface area contributed by atoms with Gasteiger partial charge >= 0.3 is 5.82 Å². The van der Waals surface area contributed by atoms with Gasteiger partial charge in [0, 0.05) is 6.04 Å².